The second-order valence-corrected chi connectivity index (χ2v) is 9.65. The summed E-state index contributed by atoms with van der Waals surface area (Å²) in [4.78, 5) is 25.1. The molecule has 1 aliphatic rings. The second kappa shape index (κ2) is 9.61. The van der Waals surface area contributed by atoms with E-state index < -0.39 is 33.6 Å². The Balaban J connectivity index is 2.11. The van der Waals surface area contributed by atoms with E-state index in [1.807, 2.05) is 0 Å². The number of hydrogen-bond acceptors (Lipinski definition) is 7. The van der Waals surface area contributed by atoms with Crippen LogP contribution in [0.1, 0.15) is 11.6 Å². The van der Waals surface area contributed by atoms with Crippen LogP contribution in [0.2, 0.25) is 0 Å². The average molecular weight is 525 g/mol. The number of rotatable bonds is 7. The molecule has 2 aromatic carbocycles. The van der Waals surface area contributed by atoms with Gasteiger partial charge in [0.05, 0.1) is 43.6 Å². The fourth-order valence-corrected chi connectivity index (χ4v) is 4.87. The molecule has 1 aliphatic heterocycles. The van der Waals surface area contributed by atoms with Gasteiger partial charge in [0.25, 0.3) is 0 Å². The highest BCUT2D eigenvalue weighted by molar-refractivity contribution is 9.10. The van der Waals surface area contributed by atoms with Crippen LogP contribution in [0.25, 0.3) is 0 Å². The van der Waals surface area contributed by atoms with E-state index in [2.05, 4.69) is 26.6 Å². The van der Waals surface area contributed by atoms with Crippen LogP contribution >= 0.6 is 15.9 Å². The van der Waals surface area contributed by atoms with Gasteiger partial charge >= 0.3 is 12.0 Å². The topological polar surface area (TPSA) is 120 Å². The van der Waals surface area contributed by atoms with Crippen LogP contribution in [0.4, 0.5) is 4.79 Å². The van der Waals surface area contributed by atoms with Gasteiger partial charge in [-0.05, 0) is 42.0 Å². The summed E-state index contributed by atoms with van der Waals surface area (Å²) < 4.78 is 42.1. The maximum atomic E-state index is 13.0. The number of amides is 2. The summed E-state index contributed by atoms with van der Waals surface area (Å²) in [7, 11) is 0.236. The first-order valence-electron chi connectivity index (χ1n) is 9.29. The number of urea groups is 1. The molecule has 3 rings (SSSR count). The van der Waals surface area contributed by atoms with Crippen molar-refractivity contribution in [2.45, 2.75) is 10.9 Å². The van der Waals surface area contributed by atoms with Crippen LogP contribution in [-0.2, 0) is 19.4 Å². The first-order chi connectivity index (χ1) is 15.2. The van der Waals surface area contributed by atoms with Crippen LogP contribution in [-0.4, -0.2) is 47.5 Å². The van der Waals surface area contributed by atoms with Gasteiger partial charge in [0.1, 0.15) is 0 Å². The van der Waals surface area contributed by atoms with Gasteiger partial charge in [0, 0.05) is 10.2 Å². The zero-order chi connectivity index (χ0) is 23.5. The standard InChI is InChI=1S/C21H21BrN2O7S/c1-29-16-9-4-12(10-17(16)30-2)19-18(20(25)31-3)15(23-21(26)24-19)11-32(27,28)14-7-5-13(22)6-8-14/h4-10,19H,11H2,1-3H3,(H2,23,24,26). The number of halogens is 1. The van der Waals surface area contributed by atoms with Crippen molar-refractivity contribution in [1.82, 2.24) is 10.6 Å². The average Bonchev–Trinajstić information content (AvgIpc) is 2.77. The molecule has 2 N–H and O–H groups in total. The van der Waals surface area contributed by atoms with E-state index >= 15 is 0 Å². The van der Waals surface area contributed by atoms with Gasteiger partial charge in [-0.3, -0.25) is 0 Å². The Morgan fingerprint density at radius 3 is 2.28 bits per heavy atom. The third kappa shape index (κ3) is 4.89. The maximum Gasteiger partial charge on any atom is 0.338 e. The Labute approximate surface area is 193 Å². The summed E-state index contributed by atoms with van der Waals surface area (Å²) in [6.07, 6.45) is 0. The summed E-state index contributed by atoms with van der Waals surface area (Å²) >= 11 is 3.26. The largest absolute Gasteiger partial charge is 0.493 e. The molecule has 2 amide bonds. The summed E-state index contributed by atoms with van der Waals surface area (Å²) in [6.45, 7) is 0. The van der Waals surface area contributed by atoms with Crippen molar-refractivity contribution in [1.29, 1.82) is 0 Å². The van der Waals surface area contributed by atoms with Gasteiger partial charge in [-0.25, -0.2) is 18.0 Å². The molecule has 9 nitrogen and oxygen atoms in total. The lowest BCUT2D eigenvalue weighted by atomic mass is 9.95. The van der Waals surface area contributed by atoms with Crippen LogP contribution < -0.4 is 20.1 Å². The lowest BCUT2D eigenvalue weighted by molar-refractivity contribution is -0.136. The molecule has 0 aromatic heterocycles. The monoisotopic (exact) mass is 524 g/mol. The molecule has 32 heavy (non-hydrogen) atoms. The third-order valence-corrected chi connectivity index (χ3v) is 6.99. The van der Waals surface area contributed by atoms with Gasteiger partial charge in [-0.1, -0.05) is 22.0 Å². The molecule has 0 bridgehead atoms. The first-order valence-corrected chi connectivity index (χ1v) is 11.7. The fourth-order valence-electron chi connectivity index (χ4n) is 3.28. The number of methoxy groups -OCH3 is 3. The van der Waals surface area contributed by atoms with E-state index in [1.165, 1.54) is 33.5 Å². The molecule has 1 atom stereocenters. The van der Waals surface area contributed by atoms with Crippen molar-refractivity contribution in [2.24, 2.45) is 0 Å². The fraction of sp³-hybridized carbons (Fsp3) is 0.238. The maximum absolute atomic E-state index is 13.0. The summed E-state index contributed by atoms with van der Waals surface area (Å²) in [5, 5.41) is 5.10. The minimum absolute atomic E-state index is 0.0278. The summed E-state index contributed by atoms with van der Waals surface area (Å²) in [5.41, 5.74) is 0.389. The normalized spacial score (nSPS) is 16.1. The molecular formula is C21H21BrN2O7S. The number of hydrogen-bond donors (Lipinski definition) is 2. The van der Waals surface area contributed by atoms with E-state index in [4.69, 9.17) is 14.2 Å². The number of esters is 1. The van der Waals surface area contributed by atoms with Crippen molar-refractivity contribution in [3.05, 3.63) is 63.8 Å². The van der Waals surface area contributed by atoms with Crippen LogP contribution in [0.3, 0.4) is 0 Å². The van der Waals surface area contributed by atoms with Crippen molar-refractivity contribution < 1.29 is 32.2 Å². The predicted molar refractivity (Wildman–Crippen MR) is 119 cm³/mol. The number of nitrogens with one attached hydrogen (secondary N) is 2. The molecule has 0 spiro atoms. The Morgan fingerprint density at radius 2 is 1.69 bits per heavy atom. The van der Waals surface area contributed by atoms with Gasteiger partial charge in [-0.15, -0.1) is 0 Å². The molecule has 0 aliphatic carbocycles. The zero-order valence-electron chi connectivity index (χ0n) is 17.5. The highest BCUT2D eigenvalue weighted by atomic mass is 79.9. The number of carbonyl (C=O) groups is 2. The summed E-state index contributed by atoms with van der Waals surface area (Å²) in [5.74, 6) is -0.543. The second-order valence-electron chi connectivity index (χ2n) is 6.74. The molecule has 0 saturated carbocycles. The van der Waals surface area contributed by atoms with Crippen molar-refractivity contribution in [2.75, 3.05) is 27.1 Å². The van der Waals surface area contributed by atoms with E-state index in [9.17, 15) is 18.0 Å². The molecule has 11 heteroatoms. The predicted octanol–water partition coefficient (Wildman–Crippen LogP) is 2.72. The van der Waals surface area contributed by atoms with Crippen LogP contribution in [0.5, 0.6) is 11.5 Å². The van der Waals surface area contributed by atoms with Crippen LogP contribution in [0, 0.1) is 0 Å². The van der Waals surface area contributed by atoms with Gasteiger partial charge in [-0.2, -0.15) is 0 Å². The van der Waals surface area contributed by atoms with Crippen molar-refractivity contribution >= 4 is 37.8 Å². The summed E-state index contributed by atoms with van der Waals surface area (Å²) in [6, 6.07) is 9.30. The molecule has 170 valence electrons. The zero-order valence-corrected chi connectivity index (χ0v) is 19.9. The van der Waals surface area contributed by atoms with E-state index in [0.29, 0.717) is 17.1 Å². The molecule has 1 heterocycles. The molecule has 0 radical (unpaired) electrons. The quantitative estimate of drug-likeness (QED) is 0.534. The number of benzene rings is 2. The lowest BCUT2D eigenvalue weighted by Gasteiger charge is -2.29. The van der Waals surface area contributed by atoms with Crippen LogP contribution in [0.15, 0.2) is 63.1 Å². The van der Waals surface area contributed by atoms with Gasteiger partial charge in [0.15, 0.2) is 21.3 Å². The van der Waals surface area contributed by atoms with Crippen molar-refractivity contribution in [3.63, 3.8) is 0 Å². The smallest absolute Gasteiger partial charge is 0.338 e. The Kier molecular flexibility index (Phi) is 7.09. The highest BCUT2D eigenvalue weighted by Crippen LogP contribution is 2.35. The van der Waals surface area contributed by atoms with Crippen molar-refractivity contribution in [3.8, 4) is 11.5 Å². The molecule has 2 aromatic rings. The Bertz CT molecular complexity index is 1180. The lowest BCUT2D eigenvalue weighted by Crippen LogP contribution is -2.47. The molecular weight excluding hydrogens is 504 g/mol. The minimum Gasteiger partial charge on any atom is -0.493 e. The molecule has 1 unspecified atom stereocenters. The van der Waals surface area contributed by atoms with E-state index in [1.54, 1.807) is 30.3 Å². The SMILES string of the molecule is COC(=O)C1=C(CS(=O)(=O)c2ccc(Br)cc2)NC(=O)NC1c1ccc(OC)c(OC)c1. The highest BCUT2D eigenvalue weighted by Gasteiger charge is 2.36. The third-order valence-electron chi connectivity index (χ3n) is 4.81. The number of sulfone groups is 1. The number of ether oxygens (including phenoxy) is 3. The first kappa shape index (κ1) is 23.6. The van der Waals surface area contributed by atoms with Gasteiger partial charge < -0.3 is 24.8 Å². The molecule has 0 saturated heterocycles. The minimum atomic E-state index is -3.88. The van der Waals surface area contributed by atoms with E-state index in [0.717, 1.165) is 4.47 Å². The van der Waals surface area contributed by atoms with Gasteiger partial charge in [0.2, 0.25) is 0 Å². The van der Waals surface area contributed by atoms with E-state index in [-0.39, 0.29) is 16.2 Å². The molecule has 0 fully saturated rings. The Morgan fingerprint density at radius 1 is 1.03 bits per heavy atom. The Hall–Kier alpha value is -3.05. The number of carbonyl (C=O) groups excluding carboxylic acids is 2.